The number of nitrogens with one attached hydrogen (secondary N) is 2. The molecule has 0 saturated heterocycles. The van der Waals surface area contributed by atoms with Gasteiger partial charge in [-0.2, -0.15) is 0 Å². The van der Waals surface area contributed by atoms with Crippen molar-refractivity contribution in [1.82, 2.24) is 10.6 Å². The van der Waals surface area contributed by atoms with E-state index in [1.807, 2.05) is 12.1 Å². The maximum Gasteiger partial charge on any atom is 0.0208 e. The third-order valence-electron chi connectivity index (χ3n) is 2.84. The third-order valence-corrected chi connectivity index (χ3v) is 2.84. The van der Waals surface area contributed by atoms with Crippen LogP contribution in [-0.2, 0) is 13.1 Å². The van der Waals surface area contributed by atoms with Crippen molar-refractivity contribution in [2.45, 2.75) is 26.9 Å². The predicted octanol–water partition coefficient (Wildman–Crippen LogP) is 3.59. The van der Waals surface area contributed by atoms with Crippen molar-refractivity contribution in [1.29, 1.82) is 0 Å². The maximum absolute atomic E-state index is 3.42. The Balaban J connectivity index is 0.000000347. The second-order valence-corrected chi connectivity index (χ2v) is 4.53. The van der Waals surface area contributed by atoms with Gasteiger partial charge in [0.1, 0.15) is 0 Å². The lowest BCUT2D eigenvalue weighted by molar-refractivity contribution is 0.693. The first kappa shape index (κ1) is 16.4. The predicted molar refractivity (Wildman–Crippen MR) is 87.6 cm³/mol. The highest BCUT2D eigenvalue weighted by Gasteiger charge is 1.92. The van der Waals surface area contributed by atoms with Gasteiger partial charge >= 0.3 is 0 Å². The van der Waals surface area contributed by atoms with Crippen LogP contribution in [0.2, 0.25) is 0 Å². The Labute approximate surface area is 123 Å². The van der Waals surface area contributed by atoms with Gasteiger partial charge in [0.25, 0.3) is 0 Å². The summed E-state index contributed by atoms with van der Waals surface area (Å²) in [6.07, 6.45) is 0. The highest BCUT2D eigenvalue weighted by atomic mass is 14.8. The van der Waals surface area contributed by atoms with Gasteiger partial charge in [-0.1, -0.05) is 74.5 Å². The summed E-state index contributed by atoms with van der Waals surface area (Å²) in [6.45, 7) is 8.24. The van der Waals surface area contributed by atoms with Gasteiger partial charge in [-0.15, -0.1) is 0 Å². The Morgan fingerprint density at radius 1 is 0.600 bits per heavy atom. The van der Waals surface area contributed by atoms with Crippen LogP contribution in [0.1, 0.15) is 25.0 Å². The molecule has 0 aliphatic carbocycles. The van der Waals surface area contributed by atoms with Crippen LogP contribution in [0.25, 0.3) is 0 Å². The van der Waals surface area contributed by atoms with E-state index in [-0.39, 0.29) is 0 Å². The molecule has 20 heavy (non-hydrogen) atoms. The Hall–Kier alpha value is -1.64. The van der Waals surface area contributed by atoms with E-state index in [2.05, 4.69) is 73.0 Å². The molecule has 0 aliphatic heterocycles. The van der Waals surface area contributed by atoms with Crippen LogP contribution in [0.4, 0.5) is 0 Å². The van der Waals surface area contributed by atoms with Gasteiger partial charge in [-0.3, -0.25) is 0 Å². The molecular formula is C18H26N2. The molecule has 0 saturated carbocycles. The van der Waals surface area contributed by atoms with E-state index in [1.54, 1.807) is 0 Å². The van der Waals surface area contributed by atoms with Crippen molar-refractivity contribution in [2.24, 2.45) is 0 Å². The fourth-order valence-corrected chi connectivity index (χ4v) is 1.79. The highest BCUT2D eigenvalue weighted by Crippen LogP contribution is 2.00. The zero-order valence-corrected chi connectivity index (χ0v) is 12.6. The third kappa shape index (κ3) is 7.72. The molecule has 0 atom stereocenters. The molecule has 2 aromatic carbocycles. The van der Waals surface area contributed by atoms with E-state index in [4.69, 9.17) is 0 Å². The molecule has 0 unspecified atom stereocenters. The molecule has 2 aromatic rings. The molecule has 108 valence electrons. The molecule has 0 bridgehead atoms. The molecule has 0 aromatic heterocycles. The van der Waals surface area contributed by atoms with Gasteiger partial charge in [0.05, 0.1) is 0 Å². The van der Waals surface area contributed by atoms with Crippen molar-refractivity contribution in [2.75, 3.05) is 13.1 Å². The molecule has 0 heterocycles. The van der Waals surface area contributed by atoms with Gasteiger partial charge in [0.2, 0.25) is 0 Å². The normalized spacial score (nSPS) is 9.70. The van der Waals surface area contributed by atoms with Crippen LogP contribution in [-0.4, -0.2) is 13.1 Å². The van der Waals surface area contributed by atoms with Gasteiger partial charge in [-0.05, 0) is 24.2 Å². The largest absolute Gasteiger partial charge is 0.317 e. The minimum Gasteiger partial charge on any atom is -0.317 e. The summed E-state index contributed by atoms with van der Waals surface area (Å²) in [5.74, 6) is 0. The smallest absolute Gasteiger partial charge is 0.0208 e. The van der Waals surface area contributed by atoms with E-state index in [9.17, 15) is 0 Å². The number of rotatable bonds is 6. The zero-order chi connectivity index (χ0) is 14.5. The van der Waals surface area contributed by atoms with Crippen LogP contribution in [0.3, 0.4) is 0 Å². The fraction of sp³-hybridized carbons (Fsp3) is 0.333. The molecule has 0 spiro atoms. The van der Waals surface area contributed by atoms with Crippen molar-refractivity contribution < 1.29 is 0 Å². The molecule has 2 rings (SSSR count). The first-order chi connectivity index (χ1) is 9.86. The first-order valence-corrected chi connectivity index (χ1v) is 7.36. The first-order valence-electron chi connectivity index (χ1n) is 7.36. The zero-order valence-electron chi connectivity index (χ0n) is 12.6. The summed E-state index contributed by atoms with van der Waals surface area (Å²) in [6, 6.07) is 20.9. The van der Waals surface area contributed by atoms with Gasteiger partial charge < -0.3 is 10.6 Å². The van der Waals surface area contributed by atoms with Crippen molar-refractivity contribution >= 4 is 0 Å². The summed E-state index contributed by atoms with van der Waals surface area (Å²) >= 11 is 0. The van der Waals surface area contributed by atoms with Crippen LogP contribution < -0.4 is 10.6 Å². The Bertz CT molecular complexity index is 384. The van der Waals surface area contributed by atoms with Crippen LogP contribution in [0, 0.1) is 0 Å². The summed E-state index contributed by atoms with van der Waals surface area (Å²) < 4.78 is 0. The summed E-state index contributed by atoms with van der Waals surface area (Å²) in [7, 11) is 0. The van der Waals surface area contributed by atoms with Crippen molar-refractivity contribution in [3.05, 3.63) is 71.8 Å². The van der Waals surface area contributed by atoms with E-state index < -0.39 is 0 Å². The van der Waals surface area contributed by atoms with E-state index in [0.717, 1.165) is 26.2 Å². The van der Waals surface area contributed by atoms with E-state index in [0.29, 0.717) is 0 Å². The van der Waals surface area contributed by atoms with Gasteiger partial charge in [-0.25, -0.2) is 0 Å². The summed E-state index contributed by atoms with van der Waals surface area (Å²) in [5.41, 5.74) is 2.65. The lowest BCUT2D eigenvalue weighted by atomic mass is 10.2. The maximum atomic E-state index is 3.42. The van der Waals surface area contributed by atoms with Crippen molar-refractivity contribution in [3.63, 3.8) is 0 Å². The monoisotopic (exact) mass is 270 g/mol. The van der Waals surface area contributed by atoms with Crippen molar-refractivity contribution in [3.8, 4) is 0 Å². The topological polar surface area (TPSA) is 24.1 Å². The average Bonchev–Trinajstić information content (AvgIpc) is 2.51. The molecular weight excluding hydrogens is 244 g/mol. The van der Waals surface area contributed by atoms with Gasteiger partial charge in [0.15, 0.2) is 0 Å². The Kier molecular flexibility index (Phi) is 9.20. The SMILES string of the molecule is CCNCC.c1ccc(CNCc2ccccc2)cc1. The molecule has 0 fully saturated rings. The number of hydrogen-bond donors (Lipinski definition) is 2. The van der Waals surface area contributed by atoms with Crippen LogP contribution in [0.15, 0.2) is 60.7 Å². The van der Waals surface area contributed by atoms with Gasteiger partial charge in [0, 0.05) is 13.1 Å². The Morgan fingerprint density at radius 2 is 1.00 bits per heavy atom. The second-order valence-electron chi connectivity index (χ2n) is 4.53. The highest BCUT2D eigenvalue weighted by molar-refractivity contribution is 5.16. The molecule has 2 nitrogen and oxygen atoms in total. The molecule has 0 aliphatic rings. The van der Waals surface area contributed by atoms with Crippen LogP contribution >= 0.6 is 0 Å². The lowest BCUT2D eigenvalue weighted by Crippen LogP contribution is -2.12. The summed E-state index contributed by atoms with van der Waals surface area (Å²) in [4.78, 5) is 0. The summed E-state index contributed by atoms with van der Waals surface area (Å²) in [5, 5.41) is 6.53. The fourth-order valence-electron chi connectivity index (χ4n) is 1.79. The molecule has 0 amide bonds. The number of benzene rings is 2. The molecule has 2 N–H and O–H groups in total. The minimum absolute atomic E-state index is 0.926. The average molecular weight is 270 g/mol. The van der Waals surface area contributed by atoms with E-state index in [1.165, 1.54) is 11.1 Å². The Morgan fingerprint density at radius 3 is 1.30 bits per heavy atom. The minimum atomic E-state index is 0.926. The quantitative estimate of drug-likeness (QED) is 0.838. The standard InChI is InChI=1S/C14H15N.C4H11N/c1-3-7-13(8-4-1)11-15-12-14-9-5-2-6-10-14;1-3-5-4-2/h1-10,15H,11-12H2;5H,3-4H2,1-2H3. The van der Waals surface area contributed by atoms with E-state index >= 15 is 0 Å². The lowest BCUT2D eigenvalue weighted by Gasteiger charge is -2.04. The second kappa shape index (κ2) is 11.2. The molecule has 0 radical (unpaired) electrons. The van der Waals surface area contributed by atoms with Crippen LogP contribution in [0.5, 0.6) is 0 Å². The number of hydrogen-bond acceptors (Lipinski definition) is 2. The molecule has 2 heteroatoms.